The summed E-state index contributed by atoms with van der Waals surface area (Å²) in [4.78, 5) is 15.3. The molecule has 1 aromatic heterocycles. The third-order valence-electron chi connectivity index (χ3n) is 2.21. The van der Waals surface area contributed by atoms with Crippen LogP contribution in [0.5, 0.6) is 0 Å². The number of hydrogen-bond donors (Lipinski definition) is 1. The summed E-state index contributed by atoms with van der Waals surface area (Å²) in [5.41, 5.74) is 0.900. The quantitative estimate of drug-likeness (QED) is 0.889. The number of carboxylic acid groups (broad SMARTS) is 1. The zero-order valence-electron chi connectivity index (χ0n) is 8.82. The number of fused-ring (bicyclic) bond motifs is 1. The number of carboxylic acids is 1. The Kier molecular flexibility index (Phi) is 2.86. The summed E-state index contributed by atoms with van der Waals surface area (Å²) in [6.45, 7) is 4.09. The van der Waals surface area contributed by atoms with Gasteiger partial charge in [-0.25, -0.2) is 9.78 Å². The van der Waals surface area contributed by atoms with Gasteiger partial charge in [0, 0.05) is 5.92 Å². The van der Waals surface area contributed by atoms with E-state index in [0.29, 0.717) is 16.5 Å². The smallest absolute Gasteiger partial charge is 0.335 e. The maximum atomic E-state index is 10.9. The molecule has 1 heterocycles. The Morgan fingerprint density at radius 3 is 2.75 bits per heavy atom. The van der Waals surface area contributed by atoms with Crippen LogP contribution in [0.15, 0.2) is 12.1 Å². The second-order valence-corrected chi connectivity index (χ2v) is 5.29. The monoisotopic (exact) mass is 255 g/mol. The lowest BCUT2D eigenvalue weighted by Crippen LogP contribution is -1.95. The minimum atomic E-state index is -0.969. The van der Waals surface area contributed by atoms with E-state index in [4.69, 9.17) is 16.7 Å². The first-order valence-corrected chi connectivity index (χ1v) is 6.01. The largest absolute Gasteiger partial charge is 0.478 e. The minimum absolute atomic E-state index is 0.205. The van der Waals surface area contributed by atoms with Crippen molar-refractivity contribution in [2.75, 3.05) is 0 Å². The molecule has 84 valence electrons. The summed E-state index contributed by atoms with van der Waals surface area (Å²) in [5.74, 6) is -0.648. The van der Waals surface area contributed by atoms with Crippen molar-refractivity contribution in [2.24, 2.45) is 0 Å². The zero-order valence-corrected chi connectivity index (χ0v) is 10.4. The summed E-state index contributed by atoms with van der Waals surface area (Å²) in [5, 5.41) is 10.3. The lowest BCUT2D eigenvalue weighted by Gasteiger charge is -1.96. The predicted molar refractivity (Wildman–Crippen MR) is 65.7 cm³/mol. The van der Waals surface area contributed by atoms with Gasteiger partial charge in [-0.1, -0.05) is 25.4 Å². The van der Waals surface area contributed by atoms with Crippen LogP contribution in [-0.4, -0.2) is 16.1 Å². The van der Waals surface area contributed by atoms with Crippen molar-refractivity contribution >= 4 is 39.1 Å². The molecule has 0 unspecified atom stereocenters. The van der Waals surface area contributed by atoms with Crippen LogP contribution in [0.25, 0.3) is 10.2 Å². The molecule has 0 aliphatic heterocycles. The van der Waals surface area contributed by atoms with E-state index < -0.39 is 5.97 Å². The molecule has 0 saturated carbocycles. The number of halogens is 1. The van der Waals surface area contributed by atoms with E-state index in [-0.39, 0.29) is 5.56 Å². The summed E-state index contributed by atoms with van der Waals surface area (Å²) in [7, 11) is 0. The number of rotatable bonds is 2. The van der Waals surface area contributed by atoms with Gasteiger partial charge in [0.05, 0.1) is 20.3 Å². The van der Waals surface area contributed by atoms with E-state index in [1.807, 2.05) is 13.8 Å². The van der Waals surface area contributed by atoms with Gasteiger partial charge in [0.2, 0.25) is 0 Å². The number of nitrogens with zero attached hydrogens (tertiary/aromatic N) is 1. The zero-order chi connectivity index (χ0) is 11.9. The minimum Gasteiger partial charge on any atom is -0.478 e. The summed E-state index contributed by atoms with van der Waals surface area (Å²) in [6.07, 6.45) is 0. The van der Waals surface area contributed by atoms with Crippen molar-refractivity contribution in [1.82, 2.24) is 4.98 Å². The molecular formula is C11H10ClNO2S. The molecule has 3 nitrogen and oxygen atoms in total. The lowest BCUT2D eigenvalue weighted by molar-refractivity contribution is 0.0697. The Balaban J connectivity index is 2.68. The molecule has 0 aliphatic carbocycles. The van der Waals surface area contributed by atoms with Gasteiger partial charge in [-0.3, -0.25) is 0 Å². The Labute approximate surface area is 102 Å². The number of aromatic carboxylic acids is 1. The second-order valence-electron chi connectivity index (χ2n) is 3.82. The molecule has 5 heteroatoms. The van der Waals surface area contributed by atoms with Crippen LogP contribution in [0, 0.1) is 0 Å². The van der Waals surface area contributed by atoms with Crippen molar-refractivity contribution in [1.29, 1.82) is 0 Å². The maximum Gasteiger partial charge on any atom is 0.335 e. The molecule has 1 N–H and O–H groups in total. The molecule has 0 atom stereocenters. The van der Waals surface area contributed by atoms with Gasteiger partial charge in [-0.2, -0.15) is 0 Å². The van der Waals surface area contributed by atoms with Gasteiger partial charge in [-0.15, -0.1) is 11.3 Å². The van der Waals surface area contributed by atoms with Crippen molar-refractivity contribution in [3.05, 3.63) is 27.7 Å². The van der Waals surface area contributed by atoms with E-state index >= 15 is 0 Å². The average Bonchev–Trinajstić information content (AvgIpc) is 2.61. The molecule has 2 rings (SSSR count). The molecular weight excluding hydrogens is 246 g/mol. The fourth-order valence-electron chi connectivity index (χ4n) is 1.38. The Hall–Kier alpha value is -1.13. The van der Waals surface area contributed by atoms with E-state index in [1.54, 1.807) is 6.07 Å². The summed E-state index contributed by atoms with van der Waals surface area (Å²) < 4.78 is 0.827. The Bertz CT molecular complexity index is 562. The van der Waals surface area contributed by atoms with E-state index in [2.05, 4.69) is 4.98 Å². The van der Waals surface area contributed by atoms with Crippen molar-refractivity contribution in [3.63, 3.8) is 0 Å². The van der Waals surface area contributed by atoms with Crippen LogP contribution in [0.2, 0.25) is 5.02 Å². The van der Waals surface area contributed by atoms with E-state index in [9.17, 15) is 4.79 Å². The highest BCUT2D eigenvalue weighted by atomic mass is 35.5. The van der Waals surface area contributed by atoms with Crippen molar-refractivity contribution in [2.45, 2.75) is 19.8 Å². The summed E-state index contributed by atoms with van der Waals surface area (Å²) in [6, 6.07) is 3.06. The van der Waals surface area contributed by atoms with Gasteiger partial charge in [0.25, 0.3) is 0 Å². The fraction of sp³-hybridized carbons (Fsp3) is 0.273. The van der Waals surface area contributed by atoms with Gasteiger partial charge in [0.15, 0.2) is 0 Å². The highest BCUT2D eigenvalue weighted by Gasteiger charge is 2.13. The SMILES string of the molecule is CC(C)c1nc2c(Cl)cc(C(=O)O)cc2s1. The number of thiazole rings is 1. The van der Waals surface area contributed by atoms with Crippen LogP contribution in [0.1, 0.15) is 35.1 Å². The molecule has 2 aromatic rings. The van der Waals surface area contributed by atoms with Crippen LogP contribution >= 0.6 is 22.9 Å². The molecule has 0 spiro atoms. The third-order valence-corrected chi connectivity index (χ3v) is 3.80. The first-order valence-electron chi connectivity index (χ1n) is 4.82. The number of benzene rings is 1. The van der Waals surface area contributed by atoms with Crippen LogP contribution in [0.4, 0.5) is 0 Å². The van der Waals surface area contributed by atoms with Crippen LogP contribution in [0.3, 0.4) is 0 Å². The van der Waals surface area contributed by atoms with Gasteiger partial charge in [0.1, 0.15) is 5.52 Å². The number of aromatic nitrogens is 1. The highest BCUT2D eigenvalue weighted by molar-refractivity contribution is 7.18. The van der Waals surface area contributed by atoms with Crippen LogP contribution in [-0.2, 0) is 0 Å². The molecule has 0 fully saturated rings. The molecule has 0 radical (unpaired) electrons. The average molecular weight is 256 g/mol. The maximum absolute atomic E-state index is 10.9. The molecule has 0 bridgehead atoms. The van der Waals surface area contributed by atoms with Crippen molar-refractivity contribution < 1.29 is 9.90 Å². The van der Waals surface area contributed by atoms with Gasteiger partial charge >= 0.3 is 5.97 Å². The normalized spacial score (nSPS) is 11.2. The fourth-order valence-corrected chi connectivity index (χ4v) is 2.73. The summed E-state index contributed by atoms with van der Waals surface area (Å²) >= 11 is 7.50. The number of carbonyl (C=O) groups is 1. The first-order chi connectivity index (χ1) is 7.49. The number of hydrogen-bond acceptors (Lipinski definition) is 3. The standard InChI is InChI=1S/C11H10ClNO2S/c1-5(2)10-13-9-7(12)3-6(11(14)15)4-8(9)16-10/h3-5H,1-2H3,(H,14,15). The second kappa shape index (κ2) is 4.03. The predicted octanol–water partition coefficient (Wildman–Crippen LogP) is 3.77. The topological polar surface area (TPSA) is 50.2 Å². The Morgan fingerprint density at radius 2 is 2.19 bits per heavy atom. The lowest BCUT2D eigenvalue weighted by atomic mass is 10.2. The van der Waals surface area contributed by atoms with Crippen LogP contribution < -0.4 is 0 Å². The Morgan fingerprint density at radius 1 is 1.50 bits per heavy atom. The van der Waals surface area contributed by atoms with Gasteiger partial charge in [-0.05, 0) is 12.1 Å². The van der Waals surface area contributed by atoms with E-state index in [0.717, 1.165) is 9.71 Å². The molecule has 1 aromatic carbocycles. The highest BCUT2D eigenvalue weighted by Crippen LogP contribution is 2.32. The first kappa shape index (κ1) is 11.4. The molecule has 0 aliphatic rings. The molecule has 0 saturated heterocycles. The van der Waals surface area contributed by atoms with Crippen molar-refractivity contribution in [3.8, 4) is 0 Å². The molecule has 16 heavy (non-hydrogen) atoms. The molecule has 0 amide bonds. The van der Waals surface area contributed by atoms with Gasteiger partial charge < -0.3 is 5.11 Å². The third kappa shape index (κ3) is 1.90. The van der Waals surface area contributed by atoms with E-state index in [1.165, 1.54) is 17.4 Å².